The minimum Gasteiger partial charge on any atom is -0.385 e. The summed E-state index contributed by atoms with van der Waals surface area (Å²) in [5.74, 6) is 0.662. The van der Waals surface area contributed by atoms with Crippen LogP contribution in [-0.2, 0) is 7.05 Å². The molecule has 2 rings (SSSR count). The Bertz CT molecular complexity index is 424. The van der Waals surface area contributed by atoms with E-state index in [2.05, 4.69) is 18.1 Å². The molecule has 0 aromatic carbocycles. The topological polar surface area (TPSA) is 61.8 Å². The van der Waals surface area contributed by atoms with Crippen molar-refractivity contribution in [3.05, 3.63) is 18.0 Å². The summed E-state index contributed by atoms with van der Waals surface area (Å²) in [4.78, 5) is 0. The second-order valence-electron chi connectivity index (χ2n) is 5.23. The summed E-state index contributed by atoms with van der Waals surface area (Å²) in [6, 6.07) is 4.16. The summed E-state index contributed by atoms with van der Waals surface area (Å²) in [6.07, 6.45) is 4.51. The largest absolute Gasteiger partial charge is 0.385 e. The van der Waals surface area contributed by atoms with Gasteiger partial charge in [0.2, 0.25) is 0 Å². The van der Waals surface area contributed by atoms with Crippen LogP contribution in [0.25, 0.3) is 0 Å². The molecular weight excluding hydrogens is 214 g/mol. The van der Waals surface area contributed by atoms with Crippen LogP contribution in [0.2, 0.25) is 0 Å². The van der Waals surface area contributed by atoms with Gasteiger partial charge in [-0.05, 0) is 37.7 Å². The summed E-state index contributed by atoms with van der Waals surface area (Å²) in [6.45, 7) is 2.21. The van der Waals surface area contributed by atoms with Crippen LogP contribution in [0.1, 0.15) is 44.4 Å². The molecule has 17 heavy (non-hydrogen) atoms. The number of nitriles is 1. The highest BCUT2D eigenvalue weighted by Gasteiger charge is 2.42. The van der Waals surface area contributed by atoms with Crippen LogP contribution in [0.4, 0.5) is 0 Å². The van der Waals surface area contributed by atoms with Gasteiger partial charge in [-0.15, -0.1) is 0 Å². The molecule has 0 aliphatic heterocycles. The smallest absolute Gasteiger partial charge is 0.114 e. The lowest BCUT2D eigenvalue weighted by molar-refractivity contribution is 0.0210. The first-order valence-corrected chi connectivity index (χ1v) is 6.16. The number of aryl methyl sites for hydroxylation is 1. The molecule has 1 aromatic heterocycles. The van der Waals surface area contributed by atoms with E-state index >= 15 is 0 Å². The van der Waals surface area contributed by atoms with E-state index in [1.54, 1.807) is 24.0 Å². The summed E-state index contributed by atoms with van der Waals surface area (Å²) in [5.41, 5.74) is 0.112. The molecule has 1 N–H and O–H groups in total. The van der Waals surface area contributed by atoms with Gasteiger partial charge in [0, 0.05) is 13.2 Å². The van der Waals surface area contributed by atoms with Gasteiger partial charge in [0.15, 0.2) is 0 Å². The number of nitrogens with zero attached hydrogens (tertiary/aromatic N) is 3. The molecule has 0 bridgehead atoms. The summed E-state index contributed by atoms with van der Waals surface area (Å²) in [7, 11) is 1.80. The average molecular weight is 233 g/mol. The molecule has 1 aliphatic carbocycles. The van der Waals surface area contributed by atoms with E-state index < -0.39 is 11.5 Å². The van der Waals surface area contributed by atoms with Gasteiger partial charge >= 0.3 is 0 Å². The van der Waals surface area contributed by atoms with Gasteiger partial charge in [-0.3, -0.25) is 4.68 Å². The zero-order valence-electron chi connectivity index (χ0n) is 10.4. The molecule has 1 aromatic rings. The Labute approximate surface area is 102 Å². The summed E-state index contributed by atoms with van der Waals surface area (Å²) in [5, 5.41) is 24.0. The van der Waals surface area contributed by atoms with E-state index in [-0.39, 0.29) is 0 Å². The first-order chi connectivity index (χ1) is 8.09. The molecule has 1 aliphatic rings. The van der Waals surface area contributed by atoms with E-state index in [1.165, 1.54) is 0 Å². The van der Waals surface area contributed by atoms with Crippen molar-refractivity contribution in [3.8, 4) is 6.07 Å². The van der Waals surface area contributed by atoms with Crippen LogP contribution < -0.4 is 0 Å². The van der Waals surface area contributed by atoms with Gasteiger partial charge in [0.05, 0.1) is 17.2 Å². The second kappa shape index (κ2) is 4.50. The molecule has 1 saturated carbocycles. The van der Waals surface area contributed by atoms with Gasteiger partial charge < -0.3 is 5.11 Å². The highest BCUT2D eigenvalue weighted by atomic mass is 16.3. The quantitative estimate of drug-likeness (QED) is 0.851. The molecule has 4 nitrogen and oxygen atoms in total. The SMILES string of the molecule is CC1CCC(C#N)(C(O)c2ccnn2C)CC1. The van der Waals surface area contributed by atoms with Crippen LogP contribution in [0.15, 0.2) is 12.3 Å². The fraction of sp³-hybridized carbons (Fsp3) is 0.692. The highest BCUT2D eigenvalue weighted by Crippen LogP contribution is 2.46. The normalized spacial score (nSPS) is 30.8. The molecule has 1 heterocycles. The maximum Gasteiger partial charge on any atom is 0.114 e. The lowest BCUT2D eigenvalue weighted by Crippen LogP contribution is -2.33. The van der Waals surface area contributed by atoms with Crippen LogP contribution in [0, 0.1) is 22.7 Å². The van der Waals surface area contributed by atoms with E-state index in [9.17, 15) is 10.4 Å². The fourth-order valence-corrected chi connectivity index (χ4v) is 2.66. The van der Waals surface area contributed by atoms with Crippen molar-refractivity contribution in [3.63, 3.8) is 0 Å². The molecule has 1 fully saturated rings. The predicted octanol–water partition coefficient (Wildman–Crippen LogP) is 2.17. The Morgan fingerprint density at radius 2 is 2.24 bits per heavy atom. The van der Waals surface area contributed by atoms with E-state index in [0.29, 0.717) is 5.92 Å². The van der Waals surface area contributed by atoms with Crippen molar-refractivity contribution in [2.45, 2.75) is 38.7 Å². The summed E-state index contributed by atoms with van der Waals surface area (Å²) >= 11 is 0. The molecule has 92 valence electrons. The minimum atomic E-state index is -0.729. The van der Waals surface area contributed by atoms with Gasteiger partial charge in [0.25, 0.3) is 0 Å². The highest BCUT2D eigenvalue weighted by molar-refractivity contribution is 5.16. The monoisotopic (exact) mass is 233 g/mol. The summed E-state index contributed by atoms with van der Waals surface area (Å²) < 4.78 is 1.65. The Kier molecular flexibility index (Phi) is 3.21. The van der Waals surface area contributed by atoms with Crippen molar-refractivity contribution in [1.29, 1.82) is 5.26 Å². The Morgan fingerprint density at radius 1 is 1.59 bits per heavy atom. The number of aliphatic hydroxyl groups excluding tert-OH is 1. The lowest BCUT2D eigenvalue weighted by Gasteiger charge is -2.37. The number of hydrogen-bond donors (Lipinski definition) is 1. The predicted molar refractivity (Wildman–Crippen MR) is 63.8 cm³/mol. The number of aromatic nitrogens is 2. The van der Waals surface area contributed by atoms with Crippen molar-refractivity contribution in [2.24, 2.45) is 18.4 Å². The van der Waals surface area contributed by atoms with Crippen molar-refractivity contribution in [1.82, 2.24) is 9.78 Å². The number of hydrogen-bond acceptors (Lipinski definition) is 3. The van der Waals surface area contributed by atoms with Gasteiger partial charge in [-0.2, -0.15) is 10.4 Å². The third kappa shape index (κ3) is 2.07. The van der Waals surface area contributed by atoms with Crippen molar-refractivity contribution >= 4 is 0 Å². The Balaban J connectivity index is 2.25. The molecule has 0 saturated heterocycles. The first kappa shape index (κ1) is 12.1. The molecule has 1 unspecified atom stereocenters. The zero-order valence-corrected chi connectivity index (χ0v) is 10.4. The first-order valence-electron chi connectivity index (χ1n) is 6.16. The lowest BCUT2D eigenvalue weighted by atomic mass is 9.68. The van der Waals surface area contributed by atoms with Crippen LogP contribution in [0.5, 0.6) is 0 Å². The fourth-order valence-electron chi connectivity index (χ4n) is 2.66. The molecule has 0 spiro atoms. The van der Waals surface area contributed by atoms with Crippen molar-refractivity contribution in [2.75, 3.05) is 0 Å². The second-order valence-corrected chi connectivity index (χ2v) is 5.23. The van der Waals surface area contributed by atoms with Gasteiger partial charge in [-0.1, -0.05) is 6.92 Å². The molecule has 4 heteroatoms. The standard InChI is InChI=1S/C13H19N3O/c1-10-3-6-13(9-14,7-4-10)12(17)11-5-8-15-16(11)2/h5,8,10,12,17H,3-4,6-7H2,1-2H3. The van der Waals surface area contributed by atoms with Gasteiger partial charge in [-0.25, -0.2) is 0 Å². The van der Waals surface area contributed by atoms with Crippen LogP contribution in [-0.4, -0.2) is 14.9 Å². The maximum absolute atomic E-state index is 10.5. The Morgan fingerprint density at radius 3 is 2.71 bits per heavy atom. The zero-order chi connectivity index (χ0) is 12.5. The van der Waals surface area contributed by atoms with E-state index in [1.807, 2.05) is 0 Å². The van der Waals surface area contributed by atoms with Crippen molar-refractivity contribution < 1.29 is 5.11 Å². The van der Waals surface area contributed by atoms with E-state index in [4.69, 9.17) is 0 Å². The maximum atomic E-state index is 10.5. The third-order valence-electron chi connectivity index (χ3n) is 4.05. The molecule has 0 radical (unpaired) electrons. The molecular formula is C13H19N3O. The van der Waals surface area contributed by atoms with Crippen LogP contribution in [0.3, 0.4) is 0 Å². The van der Waals surface area contributed by atoms with Crippen LogP contribution >= 0.6 is 0 Å². The Hall–Kier alpha value is -1.34. The number of rotatable bonds is 2. The number of aliphatic hydroxyl groups is 1. The molecule has 0 amide bonds. The average Bonchev–Trinajstić information content (AvgIpc) is 2.76. The molecule has 1 atom stereocenters. The minimum absolute atomic E-state index is 0.625. The van der Waals surface area contributed by atoms with Gasteiger partial charge in [0.1, 0.15) is 6.10 Å². The third-order valence-corrected chi connectivity index (χ3v) is 4.05. The van der Waals surface area contributed by atoms with E-state index in [0.717, 1.165) is 31.4 Å².